The van der Waals surface area contributed by atoms with Crippen LogP contribution in [0, 0.1) is 5.92 Å². The second-order valence-corrected chi connectivity index (χ2v) is 8.69. The maximum atomic E-state index is 12.3. The summed E-state index contributed by atoms with van der Waals surface area (Å²) in [6.45, 7) is 0.338. The van der Waals surface area contributed by atoms with Gasteiger partial charge in [0.1, 0.15) is 5.82 Å². The smallest absolute Gasteiger partial charge is 0.229 e. The predicted octanol–water partition coefficient (Wildman–Crippen LogP) is 2.61. The highest BCUT2D eigenvalue weighted by Gasteiger charge is 2.33. The van der Waals surface area contributed by atoms with Crippen molar-refractivity contribution in [1.29, 1.82) is 0 Å². The number of aromatic nitrogens is 2. The second kappa shape index (κ2) is 6.74. The number of carbonyl (C=O) groups is 1. The molecule has 24 heavy (non-hydrogen) atoms. The largest absolute Gasteiger partial charge is 0.311 e. The molecular weight excluding hydrogens is 373 g/mol. The third-order valence-corrected chi connectivity index (χ3v) is 6.55. The molecule has 0 radical (unpaired) electrons. The molecular formula is C15H15Cl2N3O3S. The van der Waals surface area contributed by atoms with Gasteiger partial charge in [0.05, 0.1) is 40.2 Å². The van der Waals surface area contributed by atoms with Crippen molar-refractivity contribution in [3.05, 3.63) is 46.1 Å². The lowest BCUT2D eigenvalue weighted by molar-refractivity contribution is -0.119. The normalized spacial score (nSPS) is 19.3. The molecule has 128 valence electrons. The second-order valence-electron chi connectivity index (χ2n) is 5.68. The van der Waals surface area contributed by atoms with E-state index in [1.54, 1.807) is 29.1 Å². The molecule has 1 saturated heterocycles. The van der Waals surface area contributed by atoms with Crippen molar-refractivity contribution in [1.82, 2.24) is 9.78 Å². The fourth-order valence-electron chi connectivity index (χ4n) is 2.63. The van der Waals surface area contributed by atoms with Gasteiger partial charge in [0.25, 0.3) is 0 Å². The summed E-state index contributed by atoms with van der Waals surface area (Å²) in [7, 11) is -3.10. The topological polar surface area (TPSA) is 81.1 Å². The Labute approximate surface area is 149 Å². The van der Waals surface area contributed by atoms with Crippen LogP contribution >= 0.6 is 23.2 Å². The SMILES string of the molecule is O=C(Nc1ccnn1Cc1cccc(Cl)c1Cl)C1CCS(=O)(=O)C1. The first-order chi connectivity index (χ1) is 11.4. The standard InChI is InChI=1S/C15H15Cl2N3O3S/c16-12-3-1-2-10(14(12)17)8-20-13(4-6-18-20)19-15(21)11-5-7-24(22,23)9-11/h1-4,6,11H,5,7-9H2,(H,19,21). The number of nitrogens with one attached hydrogen (secondary N) is 1. The molecule has 2 heterocycles. The number of amides is 1. The van der Waals surface area contributed by atoms with Crippen molar-refractivity contribution in [3.8, 4) is 0 Å². The first kappa shape index (κ1) is 17.3. The van der Waals surface area contributed by atoms with Gasteiger partial charge in [0.2, 0.25) is 5.91 Å². The minimum atomic E-state index is -3.10. The van der Waals surface area contributed by atoms with E-state index in [4.69, 9.17) is 23.2 Å². The lowest BCUT2D eigenvalue weighted by Gasteiger charge is -2.12. The lowest BCUT2D eigenvalue weighted by atomic mass is 10.1. The first-order valence-electron chi connectivity index (χ1n) is 7.32. The molecule has 6 nitrogen and oxygen atoms in total. The Kier molecular flexibility index (Phi) is 4.85. The van der Waals surface area contributed by atoms with Gasteiger partial charge in [-0.05, 0) is 18.1 Å². The summed E-state index contributed by atoms with van der Waals surface area (Å²) in [6.07, 6.45) is 1.90. The molecule has 0 aliphatic carbocycles. The van der Waals surface area contributed by atoms with Gasteiger partial charge in [-0.15, -0.1) is 0 Å². The van der Waals surface area contributed by atoms with E-state index < -0.39 is 15.8 Å². The van der Waals surface area contributed by atoms with Gasteiger partial charge >= 0.3 is 0 Å². The average molecular weight is 388 g/mol. The number of benzene rings is 1. The van der Waals surface area contributed by atoms with Crippen molar-refractivity contribution in [2.45, 2.75) is 13.0 Å². The Morgan fingerprint density at radius 2 is 2.12 bits per heavy atom. The van der Waals surface area contributed by atoms with E-state index in [9.17, 15) is 13.2 Å². The number of hydrogen-bond acceptors (Lipinski definition) is 4. The number of rotatable bonds is 4. The highest BCUT2D eigenvalue weighted by Crippen LogP contribution is 2.27. The maximum absolute atomic E-state index is 12.3. The highest BCUT2D eigenvalue weighted by molar-refractivity contribution is 7.91. The number of sulfone groups is 1. The molecule has 1 aromatic carbocycles. The minimum Gasteiger partial charge on any atom is -0.311 e. The van der Waals surface area contributed by atoms with Crippen LogP contribution in [-0.2, 0) is 21.2 Å². The van der Waals surface area contributed by atoms with Crippen molar-refractivity contribution < 1.29 is 13.2 Å². The molecule has 1 unspecified atom stereocenters. The van der Waals surface area contributed by atoms with Gasteiger partial charge in [0.15, 0.2) is 9.84 Å². The summed E-state index contributed by atoms with van der Waals surface area (Å²) < 4.78 is 24.6. The quantitative estimate of drug-likeness (QED) is 0.873. The van der Waals surface area contributed by atoms with E-state index >= 15 is 0 Å². The van der Waals surface area contributed by atoms with Crippen LogP contribution in [0.2, 0.25) is 10.0 Å². The molecule has 1 fully saturated rings. The molecule has 1 aromatic heterocycles. The zero-order chi connectivity index (χ0) is 17.3. The molecule has 1 amide bonds. The van der Waals surface area contributed by atoms with E-state index in [2.05, 4.69) is 10.4 Å². The summed E-state index contributed by atoms with van der Waals surface area (Å²) in [4.78, 5) is 12.3. The molecule has 3 rings (SSSR count). The minimum absolute atomic E-state index is 0.0580. The number of nitrogens with zero attached hydrogens (tertiary/aromatic N) is 2. The molecule has 9 heteroatoms. The zero-order valence-corrected chi connectivity index (χ0v) is 14.9. The van der Waals surface area contributed by atoms with Crippen LogP contribution in [0.4, 0.5) is 5.82 Å². The van der Waals surface area contributed by atoms with Crippen LogP contribution in [0.25, 0.3) is 0 Å². The number of halogens is 2. The van der Waals surface area contributed by atoms with E-state index in [1.165, 1.54) is 0 Å². The van der Waals surface area contributed by atoms with Gasteiger partial charge in [-0.25, -0.2) is 13.1 Å². The highest BCUT2D eigenvalue weighted by atomic mass is 35.5. The van der Waals surface area contributed by atoms with Crippen molar-refractivity contribution >= 4 is 44.8 Å². The van der Waals surface area contributed by atoms with Gasteiger partial charge in [0, 0.05) is 6.07 Å². The first-order valence-corrected chi connectivity index (χ1v) is 9.89. The molecule has 1 aliphatic heterocycles. The Morgan fingerprint density at radius 1 is 1.33 bits per heavy atom. The monoisotopic (exact) mass is 387 g/mol. The van der Waals surface area contributed by atoms with E-state index in [1.807, 2.05) is 6.07 Å². The average Bonchev–Trinajstić information content (AvgIpc) is 3.10. The Morgan fingerprint density at radius 3 is 2.83 bits per heavy atom. The Bertz CT molecular complexity index is 880. The third-order valence-electron chi connectivity index (χ3n) is 3.92. The molecule has 0 spiro atoms. The molecule has 1 N–H and O–H groups in total. The van der Waals surface area contributed by atoms with Crippen LogP contribution in [0.15, 0.2) is 30.5 Å². The zero-order valence-electron chi connectivity index (χ0n) is 12.6. The summed E-state index contributed by atoms with van der Waals surface area (Å²) in [5.41, 5.74) is 0.770. The number of hydrogen-bond donors (Lipinski definition) is 1. The van der Waals surface area contributed by atoms with Crippen LogP contribution in [0.5, 0.6) is 0 Å². The molecule has 2 aromatic rings. The molecule has 1 atom stereocenters. The Hall–Kier alpha value is -1.57. The van der Waals surface area contributed by atoms with Crippen molar-refractivity contribution in [2.75, 3.05) is 16.8 Å². The Balaban J connectivity index is 1.74. The van der Waals surface area contributed by atoms with Crippen molar-refractivity contribution in [3.63, 3.8) is 0 Å². The maximum Gasteiger partial charge on any atom is 0.229 e. The van der Waals surface area contributed by atoms with E-state index in [-0.39, 0.29) is 17.4 Å². The van der Waals surface area contributed by atoms with Gasteiger partial charge in [-0.1, -0.05) is 35.3 Å². The van der Waals surface area contributed by atoms with Gasteiger partial charge in [-0.3, -0.25) is 4.79 Å². The van der Waals surface area contributed by atoms with Crippen LogP contribution in [0.1, 0.15) is 12.0 Å². The van der Waals surface area contributed by atoms with Crippen LogP contribution in [0.3, 0.4) is 0 Å². The third kappa shape index (κ3) is 3.74. The fourth-order valence-corrected chi connectivity index (χ4v) is 4.75. The summed E-state index contributed by atoms with van der Waals surface area (Å²) in [5, 5.41) is 7.80. The number of anilines is 1. The molecule has 0 saturated carbocycles. The summed E-state index contributed by atoms with van der Waals surface area (Å²) in [6, 6.07) is 6.96. The van der Waals surface area contributed by atoms with Gasteiger partial charge in [-0.2, -0.15) is 5.10 Å². The number of carbonyl (C=O) groups excluding carboxylic acids is 1. The molecule has 1 aliphatic rings. The summed E-state index contributed by atoms with van der Waals surface area (Å²) in [5.74, 6) is -0.390. The molecule has 0 bridgehead atoms. The summed E-state index contributed by atoms with van der Waals surface area (Å²) >= 11 is 12.2. The van der Waals surface area contributed by atoms with Gasteiger partial charge < -0.3 is 5.32 Å². The fraction of sp³-hybridized carbons (Fsp3) is 0.333. The van der Waals surface area contributed by atoms with Crippen LogP contribution in [-0.4, -0.2) is 35.6 Å². The predicted molar refractivity (Wildman–Crippen MR) is 93.2 cm³/mol. The van der Waals surface area contributed by atoms with Crippen LogP contribution < -0.4 is 5.32 Å². The lowest BCUT2D eigenvalue weighted by Crippen LogP contribution is -2.25. The van der Waals surface area contributed by atoms with Crippen molar-refractivity contribution in [2.24, 2.45) is 5.92 Å². The van der Waals surface area contributed by atoms with E-state index in [0.717, 1.165) is 5.56 Å². The van der Waals surface area contributed by atoms with E-state index in [0.29, 0.717) is 28.8 Å².